The first-order chi connectivity index (χ1) is 11.0. The van der Waals surface area contributed by atoms with Crippen LogP contribution < -0.4 is 5.32 Å². The van der Waals surface area contributed by atoms with E-state index in [0.29, 0.717) is 25.0 Å². The Bertz CT molecular complexity index is 673. The van der Waals surface area contributed by atoms with Gasteiger partial charge in [-0.2, -0.15) is 0 Å². The highest BCUT2D eigenvalue weighted by molar-refractivity contribution is 5.89. The number of carbonyl (C=O) groups is 1. The van der Waals surface area contributed by atoms with Crippen molar-refractivity contribution in [1.82, 2.24) is 4.90 Å². The van der Waals surface area contributed by atoms with Gasteiger partial charge in [0, 0.05) is 19.7 Å². The van der Waals surface area contributed by atoms with E-state index in [1.54, 1.807) is 19.1 Å². The molecule has 0 bridgehead atoms. The number of amides is 2. The second-order valence-electron chi connectivity index (χ2n) is 4.98. The van der Waals surface area contributed by atoms with Crippen LogP contribution in [0.2, 0.25) is 0 Å². The van der Waals surface area contributed by atoms with Crippen LogP contribution in [0.4, 0.5) is 19.3 Å². The summed E-state index contributed by atoms with van der Waals surface area (Å²) in [5.74, 6) is -0.202. The van der Waals surface area contributed by atoms with Crippen LogP contribution in [0.15, 0.2) is 34.7 Å². The minimum atomic E-state index is -0.834. The maximum Gasteiger partial charge on any atom is 0.322 e. The van der Waals surface area contributed by atoms with Crippen molar-refractivity contribution in [3.05, 3.63) is 53.5 Å². The number of aryl methyl sites for hydroxylation is 1. The molecule has 1 aromatic heterocycles. The average Bonchev–Trinajstić information content (AvgIpc) is 2.91. The summed E-state index contributed by atoms with van der Waals surface area (Å²) in [4.78, 5) is 13.7. The number of furan rings is 1. The molecule has 0 aliphatic carbocycles. The van der Waals surface area contributed by atoms with Crippen molar-refractivity contribution < 1.29 is 22.7 Å². The molecule has 0 fully saturated rings. The number of nitrogens with zero attached hydrogens (tertiary/aromatic N) is 1. The number of urea groups is 1. The minimum absolute atomic E-state index is 0.0885. The molecule has 0 saturated heterocycles. The highest BCUT2D eigenvalue weighted by Crippen LogP contribution is 2.16. The molecule has 0 unspecified atom stereocenters. The van der Waals surface area contributed by atoms with Crippen LogP contribution in [0.5, 0.6) is 0 Å². The van der Waals surface area contributed by atoms with Gasteiger partial charge in [-0.15, -0.1) is 0 Å². The van der Waals surface area contributed by atoms with Gasteiger partial charge in [0.05, 0.1) is 18.8 Å². The van der Waals surface area contributed by atoms with Gasteiger partial charge in [0.25, 0.3) is 0 Å². The molecular formula is C16H18F2N2O3. The van der Waals surface area contributed by atoms with Crippen molar-refractivity contribution in [3.8, 4) is 0 Å². The Labute approximate surface area is 132 Å². The van der Waals surface area contributed by atoms with Gasteiger partial charge in [-0.05, 0) is 31.2 Å². The van der Waals surface area contributed by atoms with E-state index in [2.05, 4.69) is 5.32 Å². The van der Waals surface area contributed by atoms with Gasteiger partial charge in [0.1, 0.15) is 23.2 Å². The van der Waals surface area contributed by atoms with E-state index in [0.717, 1.165) is 11.8 Å². The predicted octanol–water partition coefficient (Wildman–Crippen LogP) is 3.55. The van der Waals surface area contributed by atoms with E-state index >= 15 is 0 Å². The van der Waals surface area contributed by atoms with Crippen LogP contribution in [-0.2, 0) is 11.3 Å². The highest BCUT2D eigenvalue weighted by Gasteiger charge is 2.17. The van der Waals surface area contributed by atoms with E-state index in [4.69, 9.17) is 9.15 Å². The van der Waals surface area contributed by atoms with E-state index in [-0.39, 0.29) is 12.2 Å². The standard InChI is InChI=1S/C16H18F2N2O3/c1-11-3-5-13(23-11)10-20(7-8-22-2)16(21)19-15-6-4-12(17)9-14(15)18/h3-6,9H,7-8,10H2,1-2H3,(H,19,21). The Hall–Kier alpha value is -2.41. The van der Waals surface area contributed by atoms with Gasteiger partial charge in [-0.3, -0.25) is 0 Å². The Kier molecular flexibility index (Phi) is 5.70. The van der Waals surface area contributed by atoms with Crippen LogP contribution in [0.1, 0.15) is 11.5 Å². The van der Waals surface area contributed by atoms with Crippen molar-refractivity contribution >= 4 is 11.7 Å². The lowest BCUT2D eigenvalue weighted by Crippen LogP contribution is -2.37. The zero-order valence-electron chi connectivity index (χ0n) is 12.9. The zero-order chi connectivity index (χ0) is 16.8. The third-order valence-corrected chi connectivity index (χ3v) is 3.17. The van der Waals surface area contributed by atoms with Gasteiger partial charge < -0.3 is 19.4 Å². The maximum absolute atomic E-state index is 13.6. The Morgan fingerprint density at radius 3 is 2.70 bits per heavy atom. The summed E-state index contributed by atoms with van der Waals surface area (Å²) in [7, 11) is 1.52. The van der Waals surface area contributed by atoms with Gasteiger partial charge in [-0.1, -0.05) is 0 Å². The number of methoxy groups -OCH3 is 1. The van der Waals surface area contributed by atoms with Gasteiger partial charge >= 0.3 is 6.03 Å². The topological polar surface area (TPSA) is 54.7 Å². The second-order valence-corrected chi connectivity index (χ2v) is 4.98. The first-order valence-corrected chi connectivity index (χ1v) is 7.05. The van der Waals surface area contributed by atoms with E-state index in [1.165, 1.54) is 18.1 Å². The first-order valence-electron chi connectivity index (χ1n) is 7.05. The molecule has 1 heterocycles. The largest absolute Gasteiger partial charge is 0.464 e. The van der Waals surface area contributed by atoms with Crippen LogP contribution in [0.3, 0.4) is 0 Å². The fraction of sp³-hybridized carbons (Fsp3) is 0.312. The van der Waals surface area contributed by atoms with Gasteiger partial charge in [-0.25, -0.2) is 13.6 Å². The molecular weight excluding hydrogens is 306 g/mol. The second kappa shape index (κ2) is 7.73. The third-order valence-electron chi connectivity index (χ3n) is 3.17. The van der Waals surface area contributed by atoms with Crippen molar-refractivity contribution in [3.63, 3.8) is 0 Å². The van der Waals surface area contributed by atoms with Crippen molar-refractivity contribution in [1.29, 1.82) is 0 Å². The minimum Gasteiger partial charge on any atom is -0.464 e. The molecule has 2 rings (SSSR count). The molecule has 0 spiro atoms. The molecule has 1 N–H and O–H groups in total. The zero-order valence-corrected chi connectivity index (χ0v) is 12.9. The van der Waals surface area contributed by atoms with Gasteiger partial charge in [0.15, 0.2) is 0 Å². The summed E-state index contributed by atoms with van der Waals surface area (Å²) < 4.78 is 37.0. The first kappa shape index (κ1) is 17.0. The summed E-state index contributed by atoms with van der Waals surface area (Å²) >= 11 is 0. The number of halogens is 2. The molecule has 7 heteroatoms. The summed E-state index contributed by atoms with van der Waals surface area (Å²) in [6.45, 7) is 2.63. The molecule has 1 aromatic carbocycles. The smallest absolute Gasteiger partial charge is 0.322 e. The SMILES string of the molecule is COCCN(Cc1ccc(C)o1)C(=O)Nc1ccc(F)cc1F. The fourth-order valence-electron chi connectivity index (χ4n) is 2.00. The van der Waals surface area contributed by atoms with Crippen LogP contribution in [0.25, 0.3) is 0 Å². The molecule has 0 aliphatic rings. The lowest BCUT2D eigenvalue weighted by Gasteiger charge is -2.22. The Morgan fingerprint density at radius 1 is 1.30 bits per heavy atom. The lowest BCUT2D eigenvalue weighted by molar-refractivity contribution is 0.149. The number of rotatable bonds is 6. The molecule has 0 atom stereocenters. The lowest BCUT2D eigenvalue weighted by atomic mass is 10.3. The van der Waals surface area contributed by atoms with Crippen LogP contribution in [-0.4, -0.2) is 31.2 Å². The Balaban J connectivity index is 2.09. The van der Waals surface area contributed by atoms with Gasteiger partial charge in [0.2, 0.25) is 0 Å². The molecule has 0 radical (unpaired) electrons. The molecule has 124 valence electrons. The number of ether oxygens (including phenoxy) is 1. The average molecular weight is 324 g/mol. The fourth-order valence-corrected chi connectivity index (χ4v) is 2.00. The monoisotopic (exact) mass is 324 g/mol. The van der Waals surface area contributed by atoms with E-state index < -0.39 is 17.7 Å². The normalized spacial score (nSPS) is 10.6. The maximum atomic E-state index is 13.6. The number of anilines is 1. The van der Waals surface area contributed by atoms with E-state index in [1.807, 2.05) is 0 Å². The summed E-state index contributed by atoms with van der Waals surface area (Å²) in [6, 6.07) is 6.00. The van der Waals surface area contributed by atoms with Crippen molar-refractivity contribution in [2.45, 2.75) is 13.5 Å². The number of benzene rings is 1. The summed E-state index contributed by atoms with van der Waals surface area (Å²) in [6.07, 6.45) is 0. The number of hydrogen-bond acceptors (Lipinski definition) is 3. The summed E-state index contributed by atoms with van der Waals surface area (Å²) in [5.41, 5.74) is -0.0885. The third kappa shape index (κ3) is 4.79. The number of carbonyl (C=O) groups excluding carboxylic acids is 1. The molecule has 5 nitrogen and oxygen atoms in total. The highest BCUT2D eigenvalue weighted by atomic mass is 19.1. The van der Waals surface area contributed by atoms with E-state index in [9.17, 15) is 13.6 Å². The Morgan fingerprint density at radius 2 is 2.09 bits per heavy atom. The quantitative estimate of drug-likeness (QED) is 0.884. The number of nitrogens with one attached hydrogen (secondary N) is 1. The molecule has 0 aliphatic heterocycles. The van der Waals surface area contributed by atoms with Crippen molar-refractivity contribution in [2.24, 2.45) is 0 Å². The molecule has 0 saturated carbocycles. The molecule has 2 aromatic rings. The van der Waals surface area contributed by atoms with Crippen molar-refractivity contribution in [2.75, 3.05) is 25.6 Å². The van der Waals surface area contributed by atoms with Crippen LogP contribution >= 0.6 is 0 Å². The number of hydrogen-bond donors (Lipinski definition) is 1. The summed E-state index contributed by atoms with van der Waals surface area (Å²) in [5, 5.41) is 2.42. The molecule has 23 heavy (non-hydrogen) atoms. The van der Waals surface area contributed by atoms with Crippen LogP contribution in [0, 0.1) is 18.6 Å². The predicted molar refractivity (Wildman–Crippen MR) is 81.1 cm³/mol. The molecule has 2 amide bonds.